The largest absolute Gasteiger partial charge is 0.466 e. The molecule has 1 aliphatic carbocycles. The molecule has 1 aromatic heterocycles. The van der Waals surface area contributed by atoms with Gasteiger partial charge in [0.2, 0.25) is 0 Å². The summed E-state index contributed by atoms with van der Waals surface area (Å²) in [5, 5.41) is 4.22. The van der Waals surface area contributed by atoms with Crippen molar-refractivity contribution in [2.45, 2.75) is 51.4 Å². The molecular formula is C29H34N2O3. The van der Waals surface area contributed by atoms with Gasteiger partial charge in [-0.15, -0.1) is 6.58 Å². The van der Waals surface area contributed by atoms with Gasteiger partial charge in [-0.3, -0.25) is 4.79 Å². The number of anilines is 1. The molecule has 5 heteroatoms. The highest BCUT2D eigenvalue weighted by atomic mass is 16.5. The van der Waals surface area contributed by atoms with Gasteiger partial charge < -0.3 is 14.2 Å². The number of carbonyl (C=O) groups is 1. The van der Waals surface area contributed by atoms with Crippen molar-refractivity contribution in [2.24, 2.45) is 0 Å². The van der Waals surface area contributed by atoms with E-state index in [1.807, 2.05) is 19.9 Å². The molecule has 5 nitrogen and oxygen atoms in total. The average molecular weight is 459 g/mol. The number of aromatic nitrogens is 1. The summed E-state index contributed by atoms with van der Waals surface area (Å²) >= 11 is 0. The average Bonchev–Trinajstić information content (AvgIpc) is 3.52. The van der Waals surface area contributed by atoms with E-state index in [9.17, 15) is 4.79 Å². The summed E-state index contributed by atoms with van der Waals surface area (Å²) in [6, 6.07) is 17.0. The number of allylic oxidation sites excluding steroid dienone is 1. The SMILES string of the molecule is C=CCCCN(C)c1c(C)noc1-c1ccc(-c2ccc(C3(CC(=O)OCC)CC3)cc2)cc1. The molecule has 1 aliphatic rings. The molecule has 2 aromatic carbocycles. The summed E-state index contributed by atoms with van der Waals surface area (Å²) in [5.41, 5.74) is 6.43. The van der Waals surface area contributed by atoms with Crippen molar-refractivity contribution in [1.82, 2.24) is 5.16 Å². The lowest BCUT2D eigenvalue weighted by molar-refractivity contribution is -0.143. The van der Waals surface area contributed by atoms with Crippen LogP contribution in [0.4, 0.5) is 5.69 Å². The molecule has 0 spiro atoms. The van der Waals surface area contributed by atoms with Crippen LogP contribution in [0.1, 0.15) is 50.3 Å². The van der Waals surface area contributed by atoms with Gasteiger partial charge >= 0.3 is 5.97 Å². The normalized spacial score (nSPS) is 14.0. The lowest BCUT2D eigenvalue weighted by Gasteiger charge is -2.19. The van der Waals surface area contributed by atoms with E-state index in [2.05, 4.69) is 72.2 Å². The first-order valence-corrected chi connectivity index (χ1v) is 12.1. The Balaban J connectivity index is 1.49. The van der Waals surface area contributed by atoms with Gasteiger partial charge in [0.25, 0.3) is 0 Å². The van der Waals surface area contributed by atoms with Crippen molar-refractivity contribution in [3.8, 4) is 22.5 Å². The highest BCUT2D eigenvalue weighted by Crippen LogP contribution is 2.51. The molecule has 0 aliphatic heterocycles. The quantitative estimate of drug-likeness (QED) is 0.182. The van der Waals surface area contributed by atoms with Crippen molar-refractivity contribution >= 4 is 11.7 Å². The van der Waals surface area contributed by atoms with Gasteiger partial charge in [0, 0.05) is 24.6 Å². The maximum atomic E-state index is 12.0. The van der Waals surface area contributed by atoms with Crippen molar-refractivity contribution in [2.75, 3.05) is 25.1 Å². The fourth-order valence-electron chi connectivity index (χ4n) is 4.63. The second-order valence-corrected chi connectivity index (χ2v) is 9.22. The lowest BCUT2D eigenvalue weighted by Crippen LogP contribution is -2.19. The zero-order valence-corrected chi connectivity index (χ0v) is 20.5. The Morgan fingerprint density at radius 3 is 2.32 bits per heavy atom. The van der Waals surface area contributed by atoms with Gasteiger partial charge in [-0.2, -0.15) is 0 Å². The third-order valence-electron chi connectivity index (χ3n) is 6.73. The zero-order chi connectivity index (χ0) is 24.1. The second kappa shape index (κ2) is 10.3. The van der Waals surface area contributed by atoms with E-state index in [0.29, 0.717) is 13.0 Å². The van der Waals surface area contributed by atoms with Gasteiger partial charge in [-0.05, 0) is 56.2 Å². The number of carbonyl (C=O) groups excluding carboxylic acids is 1. The molecule has 34 heavy (non-hydrogen) atoms. The Labute approximate surface area is 202 Å². The summed E-state index contributed by atoms with van der Waals surface area (Å²) in [6.45, 7) is 9.00. The van der Waals surface area contributed by atoms with Crippen LogP contribution in [0, 0.1) is 6.92 Å². The molecule has 0 saturated heterocycles. The smallest absolute Gasteiger partial charge is 0.306 e. The van der Waals surface area contributed by atoms with Gasteiger partial charge in [0.15, 0.2) is 5.76 Å². The summed E-state index contributed by atoms with van der Waals surface area (Å²) < 4.78 is 10.9. The van der Waals surface area contributed by atoms with E-state index < -0.39 is 0 Å². The summed E-state index contributed by atoms with van der Waals surface area (Å²) in [7, 11) is 2.08. The van der Waals surface area contributed by atoms with Crippen LogP contribution in [0.25, 0.3) is 22.5 Å². The van der Waals surface area contributed by atoms with Crippen LogP contribution in [0.2, 0.25) is 0 Å². The van der Waals surface area contributed by atoms with Crippen LogP contribution < -0.4 is 4.90 Å². The summed E-state index contributed by atoms with van der Waals surface area (Å²) in [6.07, 6.45) is 6.53. The number of nitrogens with zero attached hydrogens (tertiary/aromatic N) is 2. The Morgan fingerprint density at radius 2 is 1.74 bits per heavy atom. The summed E-state index contributed by atoms with van der Waals surface area (Å²) in [5.74, 6) is 0.697. The zero-order valence-electron chi connectivity index (χ0n) is 20.5. The number of unbranched alkanes of at least 4 members (excludes halogenated alkanes) is 1. The number of esters is 1. The van der Waals surface area contributed by atoms with Gasteiger partial charge in [0.05, 0.1) is 13.0 Å². The van der Waals surface area contributed by atoms with Crippen LogP contribution >= 0.6 is 0 Å². The minimum absolute atomic E-state index is 0.0348. The maximum absolute atomic E-state index is 12.0. The van der Waals surface area contributed by atoms with E-state index in [-0.39, 0.29) is 11.4 Å². The lowest BCUT2D eigenvalue weighted by atomic mass is 9.91. The van der Waals surface area contributed by atoms with E-state index in [0.717, 1.165) is 66.1 Å². The highest BCUT2D eigenvalue weighted by Gasteiger charge is 2.46. The van der Waals surface area contributed by atoms with Crippen LogP contribution in [-0.2, 0) is 14.9 Å². The number of hydrogen-bond acceptors (Lipinski definition) is 5. The second-order valence-electron chi connectivity index (χ2n) is 9.22. The van der Waals surface area contributed by atoms with Gasteiger partial charge in [-0.1, -0.05) is 59.8 Å². The van der Waals surface area contributed by atoms with E-state index in [1.54, 1.807) is 0 Å². The van der Waals surface area contributed by atoms with Gasteiger partial charge in [-0.25, -0.2) is 0 Å². The summed E-state index contributed by atoms with van der Waals surface area (Å²) in [4.78, 5) is 14.2. The highest BCUT2D eigenvalue weighted by molar-refractivity contribution is 5.77. The van der Waals surface area contributed by atoms with E-state index in [4.69, 9.17) is 9.26 Å². The first kappa shape index (κ1) is 23.8. The Hall–Kier alpha value is -3.34. The number of aryl methyl sites for hydroxylation is 1. The molecule has 0 unspecified atom stereocenters. The number of hydrogen-bond donors (Lipinski definition) is 0. The predicted octanol–water partition coefficient (Wildman–Crippen LogP) is 6.70. The molecule has 4 rings (SSSR count). The topological polar surface area (TPSA) is 55.6 Å². The fraction of sp³-hybridized carbons (Fsp3) is 0.379. The maximum Gasteiger partial charge on any atom is 0.306 e. The monoisotopic (exact) mass is 458 g/mol. The molecule has 3 aromatic rings. The van der Waals surface area contributed by atoms with E-state index in [1.165, 1.54) is 5.56 Å². The molecule has 0 bridgehead atoms. The number of ether oxygens (including phenoxy) is 1. The van der Waals surface area contributed by atoms with Crippen molar-refractivity contribution in [1.29, 1.82) is 0 Å². The molecule has 178 valence electrons. The van der Waals surface area contributed by atoms with Crippen molar-refractivity contribution in [3.63, 3.8) is 0 Å². The van der Waals surface area contributed by atoms with Crippen molar-refractivity contribution < 1.29 is 14.1 Å². The van der Waals surface area contributed by atoms with Crippen molar-refractivity contribution in [3.05, 3.63) is 72.4 Å². The molecule has 0 N–H and O–H groups in total. The van der Waals surface area contributed by atoms with Crippen LogP contribution in [0.15, 0.2) is 65.7 Å². The Kier molecular flexibility index (Phi) is 7.20. The van der Waals surface area contributed by atoms with Gasteiger partial charge in [0.1, 0.15) is 11.4 Å². The molecule has 0 amide bonds. The number of rotatable bonds is 11. The first-order chi connectivity index (χ1) is 16.5. The Bertz CT molecular complexity index is 1130. The molecular weight excluding hydrogens is 424 g/mol. The standard InChI is InChI=1S/C29H34N2O3/c1-5-7-8-19-31(4)27-21(3)30-34-28(27)24-11-9-22(10-12-24)23-13-15-25(16-14-23)29(17-18-29)20-26(32)33-6-2/h5,9-16H,1,6-8,17-20H2,2-4H3. The van der Waals surface area contributed by atoms with Crippen LogP contribution in [-0.4, -0.2) is 31.3 Å². The first-order valence-electron chi connectivity index (χ1n) is 12.1. The van der Waals surface area contributed by atoms with E-state index >= 15 is 0 Å². The predicted molar refractivity (Wildman–Crippen MR) is 137 cm³/mol. The molecule has 1 saturated carbocycles. The third-order valence-corrected chi connectivity index (χ3v) is 6.73. The minimum atomic E-state index is -0.104. The molecule has 0 radical (unpaired) electrons. The molecule has 1 heterocycles. The minimum Gasteiger partial charge on any atom is -0.466 e. The number of benzene rings is 2. The van der Waals surface area contributed by atoms with Crippen LogP contribution in [0.5, 0.6) is 0 Å². The molecule has 1 fully saturated rings. The fourth-order valence-corrected chi connectivity index (χ4v) is 4.63. The third kappa shape index (κ3) is 5.09. The Morgan fingerprint density at radius 1 is 1.12 bits per heavy atom. The van der Waals surface area contributed by atoms with Crippen LogP contribution in [0.3, 0.4) is 0 Å². The molecule has 0 atom stereocenters.